The first-order valence-electron chi connectivity index (χ1n) is 9.44. The van der Waals surface area contributed by atoms with Crippen LogP contribution in [-0.2, 0) is 6.42 Å². The maximum Gasteiger partial charge on any atom is 0.146 e. The Morgan fingerprint density at radius 1 is 1.14 bits per heavy atom. The Morgan fingerprint density at radius 3 is 2.54 bits per heavy atom. The second-order valence-corrected chi connectivity index (χ2v) is 8.13. The van der Waals surface area contributed by atoms with Gasteiger partial charge in [-0.05, 0) is 38.1 Å². The van der Waals surface area contributed by atoms with Crippen molar-refractivity contribution in [3.63, 3.8) is 0 Å². The Bertz CT molecular complexity index is 1040. The smallest absolute Gasteiger partial charge is 0.146 e. The van der Waals surface area contributed by atoms with Crippen molar-refractivity contribution in [1.82, 2.24) is 15.0 Å². The molecule has 8 heteroatoms. The van der Waals surface area contributed by atoms with Gasteiger partial charge in [0.05, 0.1) is 10.9 Å². The number of nitrogens with zero attached hydrogens (tertiary/aromatic N) is 6. The Morgan fingerprint density at radius 2 is 1.86 bits per heavy atom. The van der Waals surface area contributed by atoms with E-state index < -0.39 is 0 Å². The number of nitrogens with two attached hydrogens (primary N) is 1. The largest absolute Gasteiger partial charge is 0.352 e. The van der Waals surface area contributed by atoms with E-state index in [1.165, 1.54) is 10.4 Å². The predicted molar refractivity (Wildman–Crippen MR) is 113 cm³/mol. The lowest BCUT2D eigenvalue weighted by Crippen LogP contribution is -2.47. The van der Waals surface area contributed by atoms with Crippen molar-refractivity contribution in [3.05, 3.63) is 40.2 Å². The van der Waals surface area contributed by atoms with Crippen LogP contribution in [-0.4, -0.2) is 47.7 Å². The van der Waals surface area contributed by atoms with E-state index >= 15 is 0 Å². The molecule has 4 rings (SSSR count). The van der Waals surface area contributed by atoms with Gasteiger partial charge in [0, 0.05) is 43.7 Å². The molecule has 7 nitrogen and oxygen atoms in total. The molecule has 1 aliphatic rings. The molecule has 1 fully saturated rings. The predicted octanol–water partition coefficient (Wildman–Crippen LogP) is 2.40. The number of aromatic nitrogens is 3. The molecule has 0 aromatic carbocycles. The highest BCUT2D eigenvalue weighted by atomic mass is 32.1. The van der Waals surface area contributed by atoms with Crippen LogP contribution in [0.3, 0.4) is 0 Å². The first-order valence-corrected chi connectivity index (χ1v) is 10.3. The first kappa shape index (κ1) is 18.6. The number of hydrogen-bond donors (Lipinski definition) is 1. The van der Waals surface area contributed by atoms with Gasteiger partial charge in [-0.15, -0.1) is 11.3 Å². The summed E-state index contributed by atoms with van der Waals surface area (Å²) in [5.74, 6) is 2.59. The molecule has 28 heavy (non-hydrogen) atoms. The number of anilines is 2. The van der Waals surface area contributed by atoms with E-state index in [-0.39, 0.29) is 0 Å². The fraction of sp³-hybridized carbons (Fsp3) is 0.400. The second kappa shape index (κ2) is 7.70. The van der Waals surface area contributed by atoms with Gasteiger partial charge in [0.2, 0.25) is 0 Å². The van der Waals surface area contributed by atoms with Crippen LogP contribution in [0, 0.1) is 25.2 Å². The van der Waals surface area contributed by atoms with Crippen molar-refractivity contribution < 1.29 is 0 Å². The van der Waals surface area contributed by atoms with Gasteiger partial charge in [-0.25, -0.2) is 15.0 Å². The van der Waals surface area contributed by atoms with Crippen LogP contribution in [0.2, 0.25) is 0 Å². The fourth-order valence-corrected chi connectivity index (χ4v) is 4.65. The standard InChI is InChI=1S/C20H23N7S/c1-13-14(2)28-20-17(13)19(24-16(25-20)5-6-21)27-10-8-26(9-11-27)18-15(12-22)4-3-7-23-18/h3-4,7H,5-6,8-11,21H2,1-2H3. The van der Waals surface area contributed by atoms with Gasteiger partial charge in [0.1, 0.15) is 28.4 Å². The van der Waals surface area contributed by atoms with Crippen LogP contribution in [0.4, 0.5) is 11.6 Å². The van der Waals surface area contributed by atoms with Gasteiger partial charge in [0.15, 0.2) is 0 Å². The lowest BCUT2D eigenvalue weighted by Gasteiger charge is -2.36. The number of nitriles is 1. The maximum atomic E-state index is 9.36. The van der Waals surface area contributed by atoms with Crippen LogP contribution in [0.25, 0.3) is 10.2 Å². The zero-order valence-electron chi connectivity index (χ0n) is 16.1. The van der Waals surface area contributed by atoms with E-state index in [2.05, 4.69) is 34.7 Å². The van der Waals surface area contributed by atoms with Crippen molar-refractivity contribution >= 4 is 33.2 Å². The summed E-state index contributed by atoms with van der Waals surface area (Å²) in [6.07, 6.45) is 2.42. The van der Waals surface area contributed by atoms with Crippen LogP contribution in [0.15, 0.2) is 18.3 Å². The first-order chi connectivity index (χ1) is 13.6. The molecule has 3 aromatic heterocycles. The summed E-state index contributed by atoms with van der Waals surface area (Å²) in [6.45, 7) is 8.06. The minimum atomic E-state index is 0.540. The Labute approximate surface area is 168 Å². The second-order valence-electron chi connectivity index (χ2n) is 6.93. The molecular formula is C20H23N7S. The number of piperazine rings is 1. The molecule has 0 unspecified atom stereocenters. The summed E-state index contributed by atoms with van der Waals surface area (Å²) >= 11 is 1.72. The van der Waals surface area contributed by atoms with Crippen LogP contribution in [0.1, 0.15) is 21.8 Å². The lowest BCUT2D eigenvalue weighted by atomic mass is 10.1. The highest BCUT2D eigenvalue weighted by Crippen LogP contribution is 2.35. The number of rotatable bonds is 4. The zero-order valence-corrected chi connectivity index (χ0v) is 17.0. The molecule has 0 amide bonds. The molecule has 4 heterocycles. The van der Waals surface area contributed by atoms with Crippen molar-refractivity contribution in [1.29, 1.82) is 5.26 Å². The fourth-order valence-electron chi connectivity index (χ4n) is 3.61. The highest BCUT2D eigenvalue weighted by molar-refractivity contribution is 7.18. The zero-order chi connectivity index (χ0) is 19.7. The summed E-state index contributed by atoms with van der Waals surface area (Å²) in [7, 11) is 0. The summed E-state index contributed by atoms with van der Waals surface area (Å²) < 4.78 is 0. The number of thiophene rings is 1. The molecule has 1 aliphatic heterocycles. The quantitative estimate of drug-likeness (QED) is 0.727. The lowest BCUT2D eigenvalue weighted by molar-refractivity contribution is 0.640. The highest BCUT2D eigenvalue weighted by Gasteiger charge is 2.24. The van der Waals surface area contributed by atoms with E-state index in [0.717, 1.165) is 53.9 Å². The summed E-state index contributed by atoms with van der Waals surface area (Å²) in [4.78, 5) is 20.9. The average Bonchev–Trinajstić information content (AvgIpc) is 3.01. The SMILES string of the molecule is Cc1sc2nc(CCN)nc(N3CCN(c4ncccc4C#N)CC3)c2c1C. The van der Waals surface area contributed by atoms with E-state index in [9.17, 15) is 5.26 Å². The van der Waals surface area contributed by atoms with Gasteiger partial charge in [-0.2, -0.15) is 5.26 Å². The third kappa shape index (κ3) is 3.28. The molecule has 3 aromatic rings. The molecule has 2 N–H and O–H groups in total. The van der Waals surface area contributed by atoms with Gasteiger partial charge in [0.25, 0.3) is 0 Å². The number of hydrogen-bond acceptors (Lipinski definition) is 8. The van der Waals surface area contributed by atoms with E-state index in [1.54, 1.807) is 23.6 Å². The molecule has 0 atom stereocenters. The Kier molecular flexibility index (Phi) is 5.11. The third-order valence-corrected chi connectivity index (χ3v) is 6.31. The molecule has 0 radical (unpaired) electrons. The van der Waals surface area contributed by atoms with E-state index in [0.29, 0.717) is 18.5 Å². The topological polar surface area (TPSA) is 95.0 Å². The van der Waals surface area contributed by atoms with Crippen molar-refractivity contribution in [2.45, 2.75) is 20.3 Å². The van der Waals surface area contributed by atoms with Gasteiger partial charge < -0.3 is 15.5 Å². The van der Waals surface area contributed by atoms with Crippen molar-refractivity contribution in [2.75, 3.05) is 42.5 Å². The number of aryl methyl sites for hydroxylation is 2. The van der Waals surface area contributed by atoms with Crippen molar-refractivity contribution in [3.8, 4) is 6.07 Å². The van der Waals surface area contributed by atoms with Crippen LogP contribution >= 0.6 is 11.3 Å². The van der Waals surface area contributed by atoms with Crippen molar-refractivity contribution in [2.24, 2.45) is 5.73 Å². The minimum Gasteiger partial charge on any atom is -0.352 e. The molecule has 0 aliphatic carbocycles. The number of fused-ring (bicyclic) bond motifs is 1. The molecule has 0 spiro atoms. The maximum absolute atomic E-state index is 9.36. The van der Waals surface area contributed by atoms with Crippen LogP contribution in [0.5, 0.6) is 0 Å². The van der Waals surface area contributed by atoms with E-state index in [1.807, 2.05) is 6.07 Å². The molecule has 144 valence electrons. The molecular weight excluding hydrogens is 370 g/mol. The van der Waals surface area contributed by atoms with Gasteiger partial charge >= 0.3 is 0 Å². The Hall–Kier alpha value is -2.76. The summed E-state index contributed by atoms with van der Waals surface area (Å²) in [6, 6.07) is 5.86. The number of pyridine rings is 1. The van der Waals surface area contributed by atoms with Gasteiger partial charge in [-0.1, -0.05) is 0 Å². The van der Waals surface area contributed by atoms with Gasteiger partial charge in [-0.3, -0.25) is 0 Å². The monoisotopic (exact) mass is 393 g/mol. The third-order valence-electron chi connectivity index (χ3n) is 5.21. The van der Waals surface area contributed by atoms with Crippen LogP contribution < -0.4 is 15.5 Å². The molecule has 1 saturated heterocycles. The molecule has 0 saturated carbocycles. The average molecular weight is 394 g/mol. The summed E-state index contributed by atoms with van der Waals surface area (Å²) in [5, 5.41) is 10.5. The minimum absolute atomic E-state index is 0.540. The van der Waals surface area contributed by atoms with E-state index in [4.69, 9.17) is 15.7 Å². The Balaban J connectivity index is 1.64. The normalized spacial score (nSPS) is 14.5. The summed E-state index contributed by atoms with van der Waals surface area (Å²) in [5.41, 5.74) is 7.63. The molecule has 0 bridgehead atoms.